The zero-order valence-corrected chi connectivity index (χ0v) is 8.65. The van der Waals surface area contributed by atoms with E-state index < -0.39 is 11.0 Å². The maximum absolute atomic E-state index is 10.5. The molecular weight excluding hydrogens is 214 g/mol. The molecule has 1 unspecified atom stereocenters. The van der Waals surface area contributed by atoms with E-state index in [1.807, 2.05) is 0 Å². The minimum atomic E-state index is -0.812. The molecule has 0 saturated carbocycles. The first-order chi connectivity index (χ1) is 7.65. The Morgan fingerprint density at radius 2 is 2.56 bits per heavy atom. The third-order valence-corrected chi connectivity index (χ3v) is 1.81. The van der Waals surface area contributed by atoms with Gasteiger partial charge < -0.3 is 20.0 Å². The molecule has 1 atom stereocenters. The first kappa shape index (κ1) is 12.3. The van der Waals surface area contributed by atoms with Crippen LogP contribution in [-0.2, 0) is 11.3 Å². The minimum Gasteiger partial charge on any atom is -0.390 e. The van der Waals surface area contributed by atoms with E-state index in [-0.39, 0.29) is 19.1 Å². The Morgan fingerprint density at radius 3 is 3.19 bits per heavy atom. The van der Waals surface area contributed by atoms with E-state index in [1.165, 1.54) is 17.0 Å². The highest BCUT2D eigenvalue weighted by Gasteiger charge is 2.17. The topological polar surface area (TPSA) is 90.4 Å². The predicted molar refractivity (Wildman–Crippen MR) is 55.9 cm³/mol. The van der Waals surface area contributed by atoms with Crippen LogP contribution in [0.4, 0.5) is 5.95 Å². The number of aliphatic hydroxyl groups is 1. The van der Waals surface area contributed by atoms with Gasteiger partial charge >= 0.3 is 5.95 Å². The molecular formula is C9H13N3O4. The Balaban J connectivity index is 2.49. The second-order valence-corrected chi connectivity index (χ2v) is 3.12. The van der Waals surface area contributed by atoms with Crippen molar-refractivity contribution >= 4 is 5.95 Å². The molecule has 0 aromatic carbocycles. The van der Waals surface area contributed by atoms with E-state index in [4.69, 9.17) is 4.74 Å². The number of hydrogen-bond acceptors (Lipinski definition) is 5. The van der Waals surface area contributed by atoms with E-state index in [0.29, 0.717) is 6.61 Å². The zero-order chi connectivity index (χ0) is 12.0. The fourth-order valence-corrected chi connectivity index (χ4v) is 1.18. The van der Waals surface area contributed by atoms with Crippen LogP contribution in [-0.4, -0.2) is 38.9 Å². The van der Waals surface area contributed by atoms with Crippen molar-refractivity contribution < 1.29 is 14.8 Å². The van der Waals surface area contributed by atoms with Crippen LogP contribution in [0.1, 0.15) is 0 Å². The standard InChI is InChI=1S/C9H13N3O4/c1-2-5-16-7-8(13)6-11-4-3-10-9(11)12(14)15/h2-4,8,13H,1,5-7H2. The molecule has 1 heterocycles. The van der Waals surface area contributed by atoms with Gasteiger partial charge in [0, 0.05) is 0 Å². The SMILES string of the molecule is C=CCOCC(O)Cn1ccnc1[N+](=O)[O-]. The van der Waals surface area contributed by atoms with Gasteiger partial charge in [-0.2, -0.15) is 0 Å². The lowest BCUT2D eigenvalue weighted by Crippen LogP contribution is -2.22. The normalized spacial score (nSPS) is 12.3. The lowest BCUT2D eigenvalue weighted by Gasteiger charge is -2.09. The molecule has 7 heteroatoms. The fourth-order valence-electron chi connectivity index (χ4n) is 1.18. The van der Waals surface area contributed by atoms with Crippen molar-refractivity contribution in [2.45, 2.75) is 12.6 Å². The summed E-state index contributed by atoms with van der Waals surface area (Å²) in [5.74, 6) is -0.289. The lowest BCUT2D eigenvalue weighted by molar-refractivity contribution is -0.397. The third-order valence-electron chi connectivity index (χ3n) is 1.81. The lowest BCUT2D eigenvalue weighted by atomic mass is 10.4. The third kappa shape index (κ3) is 3.44. The molecule has 88 valence electrons. The van der Waals surface area contributed by atoms with E-state index >= 15 is 0 Å². The van der Waals surface area contributed by atoms with Gasteiger partial charge in [-0.1, -0.05) is 11.1 Å². The Morgan fingerprint density at radius 1 is 1.81 bits per heavy atom. The second-order valence-electron chi connectivity index (χ2n) is 3.12. The molecule has 0 saturated heterocycles. The molecule has 1 aromatic heterocycles. The van der Waals surface area contributed by atoms with Crippen molar-refractivity contribution in [1.29, 1.82) is 0 Å². The van der Waals surface area contributed by atoms with Crippen molar-refractivity contribution in [3.8, 4) is 0 Å². The Kier molecular flexibility index (Phi) is 4.62. The quantitative estimate of drug-likeness (QED) is 0.314. The molecule has 0 aliphatic heterocycles. The monoisotopic (exact) mass is 227 g/mol. The van der Waals surface area contributed by atoms with Gasteiger partial charge in [-0.3, -0.25) is 0 Å². The van der Waals surface area contributed by atoms with Crippen LogP contribution in [0.2, 0.25) is 0 Å². The van der Waals surface area contributed by atoms with Crippen molar-refractivity contribution in [2.75, 3.05) is 13.2 Å². The Labute approximate surface area is 92.1 Å². The highest BCUT2D eigenvalue weighted by molar-refractivity contribution is 5.06. The van der Waals surface area contributed by atoms with Gasteiger partial charge in [0.2, 0.25) is 0 Å². The molecule has 0 amide bonds. The van der Waals surface area contributed by atoms with Gasteiger partial charge in [0.25, 0.3) is 0 Å². The largest absolute Gasteiger partial charge is 0.434 e. The van der Waals surface area contributed by atoms with Crippen molar-refractivity contribution in [3.63, 3.8) is 0 Å². The average molecular weight is 227 g/mol. The number of aromatic nitrogens is 2. The molecule has 1 aromatic rings. The number of aliphatic hydroxyl groups excluding tert-OH is 1. The summed E-state index contributed by atoms with van der Waals surface area (Å²) in [7, 11) is 0. The Hall–Kier alpha value is -1.73. The smallest absolute Gasteiger partial charge is 0.390 e. The molecule has 0 fully saturated rings. The summed E-state index contributed by atoms with van der Waals surface area (Å²) >= 11 is 0. The van der Waals surface area contributed by atoms with Gasteiger partial charge in [0.1, 0.15) is 18.5 Å². The highest BCUT2D eigenvalue weighted by Crippen LogP contribution is 2.08. The first-order valence-electron chi connectivity index (χ1n) is 4.67. The molecule has 1 rings (SSSR count). The van der Waals surface area contributed by atoms with Gasteiger partial charge in [0.05, 0.1) is 19.8 Å². The molecule has 0 bridgehead atoms. The maximum atomic E-state index is 10.5. The number of nitrogens with zero attached hydrogens (tertiary/aromatic N) is 3. The van der Waals surface area contributed by atoms with E-state index in [1.54, 1.807) is 6.08 Å². The summed E-state index contributed by atoms with van der Waals surface area (Å²) < 4.78 is 6.29. The van der Waals surface area contributed by atoms with Crippen LogP contribution in [0.25, 0.3) is 0 Å². The molecule has 7 nitrogen and oxygen atoms in total. The number of hydrogen-bond donors (Lipinski definition) is 1. The summed E-state index contributed by atoms with van der Waals surface area (Å²) in [4.78, 5) is 13.5. The van der Waals surface area contributed by atoms with Crippen LogP contribution in [0.5, 0.6) is 0 Å². The summed E-state index contributed by atoms with van der Waals surface area (Å²) in [6, 6.07) is 0. The van der Waals surface area contributed by atoms with E-state index in [2.05, 4.69) is 11.6 Å². The maximum Gasteiger partial charge on any atom is 0.434 e. The molecule has 1 N–H and O–H groups in total. The summed E-state index contributed by atoms with van der Waals surface area (Å²) in [6.07, 6.45) is 3.50. The predicted octanol–water partition coefficient (Wildman–Crippen LogP) is 0.355. The highest BCUT2D eigenvalue weighted by atomic mass is 16.6. The number of rotatable bonds is 7. The van der Waals surface area contributed by atoms with Crippen LogP contribution < -0.4 is 0 Å². The molecule has 16 heavy (non-hydrogen) atoms. The molecule has 0 aliphatic rings. The van der Waals surface area contributed by atoms with Crippen LogP contribution in [0.15, 0.2) is 25.0 Å². The van der Waals surface area contributed by atoms with Gasteiger partial charge in [-0.25, -0.2) is 4.57 Å². The van der Waals surface area contributed by atoms with Crippen molar-refractivity contribution in [3.05, 3.63) is 35.2 Å². The molecule has 0 radical (unpaired) electrons. The second kappa shape index (κ2) is 5.99. The summed E-state index contributed by atoms with van der Waals surface area (Å²) in [6.45, 7) is 3.97. The van der Waals surface area contributed by atoms with Crippen molar-refractivity contribution in [2.24, 2.45) is 0 Å². The van der Waals surface area contributed by atoms with Gasteiger partial charge in [-0.05, 0) is 4.92 Å². The minimum absolute atomic E-state index is 0.0768. The molecule has 0 aliphatic carbocycles. The van der Waals surface area contributed by atoms with Crippen LogP contribution >= 0.6 is 0 Å². The van der Waals surface area contributed by atoms with Crippen LogP contribution in [0, 0.1) is 10.1 Å². The first-order valence-corrected chi connectivity index (χ1v) is 4.67. The van der Waals surface area contributed by atoms with Gasteiger partial charge in [-0.15, -0.1) is 6.58 Å². The summed E-state index contributed by atoms with van der Waals surface area (Å²) in [5.41, 5.74) is 0. The number of imidazole rings is 1. The zero-order valence-electron chi connectivity index (χ0n) is 8.65. The number of nitro groups is 1. The molecule has 0 spiro atoms. The average Bonchev–Trinajstić information content (AvgIpc) is 2.66. The van der Waals surface area contributed by atoms with E-state index in [0.717, 1.165) is 0 Å². The number of ether oxygens (including phenoxy) is 1. The van der Waals surface area contributed by atoms with Crippen LogP contribution in [0.3, 0.4) is 0 Å². The Bertz CT molecular complexity index is 363. The summed E-state index contributed by atoms with van der Waals surface area (Å²) in [5, 5.41) is 20.0. The fraction of sp³-hybridized carbons (Fsp3) is 0.444. The van der Waals surface area contributed by atoms with Crippen molar-refractivity contribution in [1.82, 2.24) is 9.55 Å². The van der Waals surface area contributed by atoms with E-state index in [9.17, 15) is 15.2 Å². The van der Waals surface area contributed by atoms with Gasteiger partial charge in [0.15, 0.2) is 0 Å².